The molecule has 19 heavy (non-hydrogen) atoms. The molecular formula is C12H18N4O2S. The van der Waals surface area contributed by atoms with E-state index in [-0.39, 0.29) is 11.2 Å². The molecule has 0 unspecified atom stereocenters. The van der Waals surface area contributed by atoms with Crippen molar-refractivity contribution in [1.82, 2.24) is 14.3 Å². The molecule has 0 amide bonds. The summed E-state index contributed by atoms with van der Waals surface area (Å²) in [6.07, 6.45) is 4.49. The summed E-state index contributed by atoms with van der Waals surface area (Å²) >= 11 is 0. The number of nitrogens with zero attached hydrogens (tertiary/aromatic N) is 4. The van der Waals surface area contributed by atoms with Gasteiger partial charge in [-0.3, -0.25) is 0 Å². The van der Waals surface area contributed by atoms with Crippen molar-refractivity contribution >= 4 is 16.0 Å². The van der Waals surface area contributed by atoms with Crippen molar-refractivity contribution in [2.45, 2.75) is 13.3 Å². The first-order valence-electron chi connectivity index (χ1n) is 6.54. The second-order valence-electron chi connectivity index (χ2n) is 5.39. The van der Waals surface area contributed by atoms with E-state index in [0.29, 0.717) is 13.1 Å². The van der Waals surface area contributed by atoms with E-state index in [1.807, 2.05) is 0 Å². The summed E-state index contributed by atoms with van der Waals surface area (Å²) in [6, 6.07) is 1.80. The molecule has 0 bridgehead atoms. The van der Waals surface area contributed by atoms with Crippen LogP contribution in [0.3, 0.4) is 0 Å². The summed E-state index contributed by atoms with van der Waals surface area (Å²) in [7, 11) is -3.02. The predicted octanol–water partition coefficient (Wildman–Crippen LogP) is 0.338. The molecule has 0 N–H and O–H groups in total. The summed E-state index contributed by atoms with van der Waals surface area (Å²) in [5, 5.41) is 0. The zero-order valence-electron chi connectivity index (χ0n) is 11.0. The van der Waals surface area contributed by atoms with Gasteiger partial charge in [-0.05, 0) is 19.4 Å². The van der Waals surface area contributed by atoms with Gasteiger partial charge in [0.15, 0.2) is 0 Å². The van der Waals surface area contributed by atoms with Gasteiger partial charge in [-0.2, -0.15) is 0 Å². The Labute approximate surface area is 113 Å². The van der Waals surface area contributed by atoms with Crippen molar-refractivity contribution in [3.8, 4) is 0 Å². The van der Waals surface area contributed by atoms with Gasteiger partial charge in [-0.1, -0.05) is 0 Å². The Hall–Kier alpha value is -1.21. The van der Waals surface area contributed by atoms with Crippen molar-refractivity contribution in [2.24, 2.45) is 5.41 Å². The Morgan fingerprint density at radius 2 is 1.95 bits per heavy atom. The lowest BCUT2D eigenvalue weighted by Gasteiger charge is -2.46. The molecule has 0 saturated carbocycles. The average Bonchev–Trinajstić information content (AvgIpc) is 2.83. The Kier molecular flexibility index (Phi) is 2.98. The highest BCUT2D eigenvalue weighted by atomic mass is 32.2. The van der Waals surface area contributed by atoms with Gasteiger partial charge in [0.25, 0.3) is 0 Å². The fraction of sp³-hybridized carbons (Fsp3) is 0.667. The van der Waals surface area contributed by atoms with E-state index in [9.17, 15) is 8.42 Å². The van der Waals surface area contributed by atoms with Crippen LogP contribution in [0.25, 0.3) is 0 Å². The Morgan fingerprint density at radius 1 is 1.26 bits per heavy atom. The lowest BCUT2D eigenvalue weighted by atomic mass is 9.81. The maximum absolute atomic E-state index is 11.8. The summed E-state index contributed by atoms with van der Waals surface area (Å²) in [6.45, 7) is 4.74. The van der Waals surface area contributed by atoms with Crippen LogP contribution in [0.5, 0.6) is 0 Å². The first kappa shape index (κ1) is 12.8. The molecule has 0 aliphatic carbocycles. The minimum Gasteiger partial charge on any atom is -0.340 e. The zero-order chi connectivity index (χ0) is 13.5. The van der Waals surface area contributed by atoms with Crippen molar-refractivity contribution < 1.29 is 8.42 Å². The molecule has 2 aliphatic rings. The Morgan fingerprint density at radius 3 is 2.58 bits per heavy atom. The van der Waals surface area contributed by atoms with E-state index < -0.39 is 10.0 Å². The van der Waals surface area contributed by atoms with Crippen molar-refractivity contribution in [1.29, 1.82) is 0 Å². The van der Waals surface area contributed by atoms with E-state index in [1.165, 1.54) is 0 Å². The topological polar surface area (TPSA) is 66.4 Å². The number of hydrogen-bond acceptors (Lipinski definition) is 5. The zero-order valence-corrected chi connectivity index (χ0v) is 11.8. The second-order valence-corrected chi connectivity index (χ2v) is 7.65. The quantitative estimate of drug-likeness (QED) is 0.800. The fourth-order valence-corrected chi connectivity index (χ4v) is 4.21. The summed E-state index contributed by atoms with van der Waals surface area (Å²) in [5.41, 5.74) is 0.113. The molecule has 1 aromatic rings. The van der Waals surface area contributed by atoms with Crippen LogP contribution < -0.4 is 4.90 Å². The molecule has 7 heteroatoms. The van der Waals surface area contributed by atoms with Gasteiger partial charge in [-0.25, -0.2) is 22.7 Å². The summed E-state index contributed by atoms with van der Waals surface area (Å²) < 4.78 is 25.1. The second kappa shape index (κ2) is 4.42. The van der Waals surface area contributed by atoms with Gasteiger partial charge in [0.2, 0.25) is 16.0 Å². The lowest BCUT2D eigenvalue weighted by Crippen LogP contribution is -2.59. The maximum atomic E-state index is 11.8. The number of sulfonamides is 1. The third kappa shape index (κ3) is 2.21. The van der Waals surface area contributed by atoms with Crippen LogP contribution >= 0.6 is 0 Å². The first-order chi connectivity index (χ1) is 9.05. The van der Waals surface area contributed by atoms with Gasteiger partial charge >= 0.3 is 0 Å². The Balaban J connectivity index is 1.66. The van der Waals surface area contributed by atoms with Crippen molar-refractivity contribution in [3.05, 3.63) is 18.5 Å². The minimum atomic E-state index is -3.02. The van der Waals surface area contributed by atoms with Crippen LogP contribution in [-0.4, -0.2) is 54.6 Å². The summed E-state index contributed by atoms with van der Waals surface area (Å²) in [4.78, 5) is 10.7. The molecule has 2 aliphatic heterocycles. The molecule has 0 radical (unpaired) electrons. The Bertz CT molecular complexity index is 554. The van der Waals surface area contributed by atoms with E-state index in [0.717, 1.165) is 25.5 Å². The van der Waals surface area contributed by atoms with Crippen LogP contribution in [0.15, 0.2) is 18.5 Å². The predicted molar refractivity (Wildman–Crippen MR) is 72.3 cm³/mol. The van der Waals surface area contributed by atoms with Gasteiger partial charge in [-0.15, -0.1) is 0 Å². The van der Waals surface area contributed by atoms with Crippen LogP contribution in [0.4, 0.5) is 5.95 Å². The molecule has 2 fully saturated rings. The average molecular weight is 282 g/mol. The highest BCUT2D eigenvalue weighted by Gasteiger charge is 2.51. The normalized spacial score (nSPS) is 22.7. The SMILES string of the molecule is CCS(=O)(=O)N1CC2(CCN(c3ncccn3)C2)C1. The van der Waals surface area contributed by atoms with Gasteiger partial charge in [0.1, 0.15) is 0 Å². The molecule has 3 rings (SSSR count). The van der Waals surface area contributed by atoms with E-state index >= 15 is 0 Å². The van der Waals surface area contributed by atoms with Gasteiger partial charge in [0.05, 0.1) is 5.75 Å². The monoisotopic (exact) mass is 282 g/mol. The third-order valence-corrected chi connectivity index (χ3v) is 5.83. The van der Waals surface area contributed by atoms with Crippen LogP contribution in [0, 0.1) is 5.41 Å². The number of anilines is 1. The smallest absolute Gasteiger partial charge is 0.225 e. The molecule has 104 valence electrons. The molecule has 1 spiro atoms. The number of hydrogen-bond donors (Lipinski definition) is 0. The standard InChI is InChI=1S/C12H18N4O2S/c1-2-19(17,18)16-9-12(10-16)4-7-15(8-12)11-13-5-3-6-14-11/h3,5-6H,2,4,7-10H2,1H3. The van der Waals surface area contributed by atoms with Crippen LogP contribution in [-0.2, 0) is 10.0 Å². The lowest BCUT2D eigenvalue weighted by molar-refractivity contribution is 0.0937. The summed E-state index contributed by atoms with van der Waals surface area (Å²) in [5.74, 6) is 0.936. The third-order valence-electron chi connectivity index (χ3n) is 4.06. The molecule has 2 saturated heterocycles. The first-order valence-corrected chi connectivity index (χ1v) is 8.15. The largest absolute Gasteiger partial charge is 0.340 e. The highest BCUT2D eigenvalue weighted by molar-refractivity contribution is 7.89. The maximum Gasteiger partial charge on any atom is 0.225 e. The molecule has 1 aromatic heterocycles. The fourth-order valence-electron chi connectivity index (χ4n) is 2.90. The van der Waals surface area contributed by atoms with Crippen LogP contribution in [0.1, 0.15) is 13.3 Å². The van der Waals surface area contributed by atoms with Crippen LogP contribution in [0.2, 0.25) is 0 Å². The van der Waals surface area contributed by atoms with E-state index in [2.05, 4.69) is 14.9 Å². The molecule has 0 aromatic carbocycles. The highest BCUT2D eigenvalue weighted by Crippen LogP contribution is 2.41. The van der Waals surface area contributed by atoms with E-state index in [4.69, 9.17) is 0 Å². The molecule has 3 heterocycles. The van der Waals surface area contributed by atoms with Gasteiger partial charge < -0.3 is 4.90 Å². The van der Waals surface area contributed by atoms with Gasteiger partial charge in [0, 0.05) is 44.0 Å². The molecule has 6 nitrogen and oxygen atoms in total. The van der Waals surface area contributed by atoms with Crippen molar-refractivity contribution in [3.63, 3.8) is 0 Å². The van der Waals surface area contributed by atoms with E-state index in [1.54, 1.807) is 29.7 Å². The minimum absolute atomic E-state index is 0.113. The number of aromatic nitrogens is 2. The number of rotatable bonds is 3. The molecular weight excluding hydrogens is 264 g/mol. The van der Waals surface area contributed by atoms with Crippen molar-refractivity contribution in [2.75, 3.05) is 36.8 Å². The molecule has 0 atom stereocenters.